The zero-order valence-electron chi connectivity index (χ0n) is 19.9. The molecule has 2 aromatic rings. The molecule has 0 aromatic heterocycles. The van der Waals surface area contributed by atoms with E-state index in [1.165, 1.54) is 49.9 Å². The quantitative estimate of drug-likeness (QED) is 0.283. The molecule has 11 heteroatoms. The van der Waals surface area contributed by atoms with Crippen molar-refractivity contribution in [1.29, 1.82) is 5.41 Å². The largest absolute Gasteiger partial charge is 0.662 e. The summed E-state index contributed by atoms with van der Waals surface area (Å²) in [6, 6.07) is 8.26. The minimum Gasteiger partial charge on any atom is -0.662 e. The highest BCUT2D eigenvalue weighted by Crippen LogP contribution is 2.30. The van der Waals surface area contributed by atoms with E-state index in [2.05, 4.69) is 10.6 Å². The summed E-state index contributed by atoms with van der Waals surface area (Å²) >= 11 is 0. The molecular formula is C25H31F3N5O3-. The Kier molecular flexibility index (Phi) is 10.4. The maximum atomic E-state index is 12.6. The smallest absolute Gasteiger partial charge is 0.416 e. The van der Waals surface area contributed by atoms with Gasteiger partial charge >= 0.3 is 12.1 Å². The van der Waals surface area contributed by atoms with Crippen molar-refractivity contribution in [3.8, 4) is 0 Å². The van der Waals surface area contributed by atoms with Gasteiger partial charge in [0, 0.05) is 11.1 Å². The lowest BCUT2D eigenvalue weighted by molar-refractivity contribution is -0.139. The first-order valence-corrected chi connectivity index (χ1v) is 11.4. The summed E-state index contributed by atoms with van der Waals surface area (Å²) in [4.78, 5) is 23.7. The number of benzene rings is 2. The minimum absolute atomic E-state index is 0.0124. The van der Waals surface area contributed by atoms with Gasteiger partial charge in [0.15, 0.2) is 6.04 Å². The maximum absolute atomic E-state index is 12.6. The molecule has 0 spiro atoms. The van der Waals surface area contributed by atoms with Crippen molar-refractivity contribution in [3.63, 3.8) is 0 Å². The molecule has 0 radical (unpaired) electrons. The Bertz CT molecular complexity index is 1020. The number of aliphatic carboxylic acids is 1. The summed E-state index contributed by atoms with van der Waals surface area (Å²) in [6.07, 6.45) is 0.557. The van der Waals surface area contributed by atoms with Crippen molar-refractivity contribution in [2.45, 2.75) is 43.9 Å². The van der Waals surface area contributed by atoms with Crippen LogP contribution in [0, 0.1) is 11.3 Å². The van der Waals surface area contributed by atoms with Gasteiger partial charge < -0.3 is 27.2 Å². The minimum atomic E-state index is -4.55. The molecular weight excluding hydrogens is 475 g/mol. The molecule has 1 amide bonds. The van der Waals surface area contributed by atoms with E-state index in [-0.39, 0.29) is 22.5 Å². The van der Waals surface area contributed by atoms with Crippen LogP contribution < -0.4 is 16.8 Å². The third-order valence-electron chi connectivity index (χ3n) is 6.04. The van der Waals surface area contributed by atoms with Crippen molar-refractivity contribution in [2.24, 2.45) is 17.4 Å². The summed E-state index contributed by atoms with van der Waals surface area (Å²) in [7, 11) is 1.92. The van der Waals surface area contributed by atoms with E-state index in [1.54, 1.807) is 0 Å². The van der Waals surface area contributed by atoms with Gasteiger partial charge in [-0.15, -0.1) is 6.04 Å². The number of carboxylic acid groups (broad SMARTS) is 1. The summed E-state index contributed by atoms with van der Waals surface area (Å²) in [5.74, 6) is -1.67. The van der Waals surface area contributed by atoms with Crippen LogP contribution in [0.3, 0.4) is 0 Å². The predicted molar refractivity (Wildman–Crippen MR) is 131 cm³/mol. The van der Waals surface area contributed by atoms with Gasteiger partial charge in [-0.2, -0.15) is 20.2 Å². The second-order valence-corrected chi connectivity index (χ2v) is 8.53. The molecule has 1 aliphatic rings. The number of carbonyl (C=O) groups excluding carboxylic acids is 1. The van der Waals surface area contributed by atoms with Crippen LogP contribution in [-0.2, 0) is 11.0 Å². The Morgan fingerprint density at radius 2 is 1.69 bits per heavy atom. The maximum Gasteiger partial charge on any atom is 0.416 e. The van der Waals surface area contributed by atoms with Gasteiger partial charge in [-0.25, -0.2) is 4.79 Å². The Morgan fingerprint density at radius 3 is 2.17 bits per heavy atom. The zero-order chi connectivity index (χ0) is 26.9. The van der Waals surface area contributed by atoms with E-state index in [0.29, 0.717) is 6.04 Å². The van der Waals surface area contributed by atoms with Crippen LogP contribution in [-0.4, -0.2) is 42.5 Å². The molecule has 196 valence electrons. The SMILES string of the molecule is C[N-]C1CCC(CN)CC1.N=C(N)c1cccc(C(=O)NC(C(=O)O)c2ccc(C(F)(F)F)cc2)c1. The van der Waals surface area contributed by atoms with Crippen LogP contribution in [0.2, 0.25) is 0 Å². The average molecular weight is 507 g/mol. The number of hydrogen-bond acceptors (Lipinski definition) is 4. The molecule has 1 atom stereocenters. The Morgan fingerprint density at radius 1 is 1.11 bits per heavy atom. The van der Waals surface area contributed by atoms with Gasteiger partial charge in [0.25, 0.3) is 5.91 Å². The lowest BCUT2D eigenvalue weighted by atomic mass is 9.86. The lowest BCUT2D eigenvalue weighted by Crippen LogP contribution is -2.34. The number of nitrogens with zero attached hydrogens (tertiary/aromatic N) is 1. The van der Waals surface area contributed by atoms with Crippen LogP contribution in [0.4, 0.5) is 13.2 Å². The molecule has 1 saturated carbocycles. The fourth-order valence-electron chi connectivity index (χ4n) is 3.83. The van der Waals surface area contributed by atoms with E-state index in [4.69, 9.17) is 16.9 Å². The van der Waals surface area contributed by atoms with E-state index in [1.807, 2.05) is 7.05 Å². The Hall–Kier alpha value is -3.44. The summed E-state index contributed by atoms with van der Waals surface area (Å²) in [6.45, 7) is 0.871. The van der Waals surface area contributed by atoms with Crippen LogP contribution in [0.1, 0.15) is 58.8 Å². The summed E-state index contributed by atoms with van der Waals surface area (Å²) in [5.41, 5.74) is 10.3. The highest BCUT2D eigenvalue weighted by molar-refractivity contribution is 6.01. The molecule has 8 nitrogen and oxygen atoms in total. The van der Waals surface area contributed by atoms with Gasteiger partial charge in [-0.1, -0.05) is 49.9 Å². The predicted octanol–water partition coefficient (Wildman–Crippen LogP) is 4.05. The normalized spacial score (nSPS) is 18.4. The third-order valence-corrected chi connectivity index (χ3v) is 6.04. The van der Waals surface area contributed by atoms with Gasteiger partial charge in [0.2, 0.25) is 0 Å². The molecule has 0 saturated heterocycles. The van der Waals surface area contributed by atoms with Crippen molar-refractivity contribution < 1.29 is 27.9 Å². The molecule has 0 heterocycles. The van der Waals surface area contributed by atoms with Crippen LogP contribution >= 0.6 is 0 Å². The molecule has 1 unspecified atom stereocenters. The van der Waals surface area contributed by atoms with E-state index < -0.39 is 29.7 Å². The molecule has 2 aromatic carbocycles. The number of carbonyl (C=O) groups is 2. The molecule has 1 fully saturated rings. The lowest BCUT2D eigenvalue weighted by Gasteiger charge is -2.35. The van der Waals surface area contributed by atoms with Gasteiger partial charge in [-0.05, 0) is 42.3 Å². The van der Waals surface area contributed by atoms with Gasteiger partial charge in [0.1, 0.15) is 5.84 Å². The molecule has 0 aliphatic heterocycles. The number of rotatable bonds is 7. The Labute approximate surface area is 207 Å². The molecule has 36 heavy (non-hydrogen) atoms. The van der Waals surface area contributed by atoms with E-state index in [9.17, 15) is 27.9 Å². The number of alkyl halides is 3. The van der Waals surface area contributed by atoms with Crippen LogP contribution in [0.25, 0.3) is 5.32 Å². The zero-order valence-corrected chi connectivity index (χ0v) is 19.9. The monoisotopic (exact) mass is 506 g/mol. The third kappa shape index (κ3) is 8.35. The summed E-state index contributed by atoms with van der Waals surface area (Å²) in [5, 5.41) is 23.2. The second kappa shape index (κ2) is 13.0. The number of hydrogen-bond donors (Lipinski definition) is 5. The van der Waals surface area contributed by atoms with Crippen LogP contribution in [0.5, 0.6) is 0 Å². The van der Waals surface area contributed by atoms with E-state index in [0.717, 1.165) is 36.7 Å². The van der Waals surface area contributed by atoms with E-state index >= 15 is 0 Å². The number of halogens is 3. The first kappa shape index (κ1) is 28.8. The van der Waals surface area contributed by atoms with Crippen molar-refractivity contribution >= 4 is 17.7 Å². The van der Waals surface area contributed by atoms with Crippen LogP contribution in [0.15, 0.2) is 48.5 Å². The first-order chi connectivity index (χ1) is 17.0. The topological polar surface area (TPSA) is 156 Å². The average Bonchev–Trinajstić information content (AvgIpc) is 2.87. The number of nitrogens with two attached hydrogens (primary N) is 2. The highest BCUT2D eigenvalue weighted by Gasteiger charge is 2.31. The molecule has 3 rings (SSSR count). The first-order valence-electron chi connectivity index (χ1n) is 11.4. The fourth-order valence-corrected chi connectivity index (χ4v) is 3.83. The van der Waals surface area contributed by atoms with Crippen molar-refractivity contribution in [2.75, 3.05) is 13.6 Å². The van der Waals surface area contributed by atoms with Gasteiger partial charge in [0.05, 0.1) is 5.56 Å². The standard InChI is InChI=1S/C17H14F3N3O3.C8H17N2/c18-17(19,20)12-6-4-9(5-7-12)13(16(25)26)23-15(24)11-3-1-2-10(8-11)14(21)22;1-10-8-4-2-7(6-9)3-5-8/h1-8,13H,(H3,21,22)(H,23,24)(H,25,26);7-8H,2-6,9H2,1H3/q;-1. The number of amides is 1. The van der Waals surface area contributed by atoms with Gasteiger partial charge in [-0.3, -0.25) is 10.2 Å². The van der Waals surface area contributed by atoms with Crippen molar-refractivity contribution in [3.05, 3.63) is 76.1 Å². The second-order valence-electron chi connectivity index (χ2n) is 8.53. The molecule has 1 aliphatic carbocycles. The Balaban J connectivity index is 0.000000380. The number of carboxylic acids is 1. The number of nitrogen functional groups attached to an aromatic ring is 1. The molecule has 0 bridgehead atoms. The van der Waals surface area contributed by atoms with Crippen molar-refractivity contribution in [1.82, 2.24) is 5.32 Å². The number of amidine groups is 1. The highest BCUT2D eigenvalue weighted by atomic mass is 19.4. The summed E-state index contributed by atoms with van der Waals surface area (Å²) < 4.78 is 37.8. The molecule has 7 N–H and O–H groups in total. The number of nitrogens with one attached hydrogen (secondary N) is 2. The fraction of sp³-hybridized carbons (Fsp3) is 0.400.